The molecule has 0 amide bonds. The summed E-state index contributed by atoms with van der Waals surface area (Å²) in [5.41, 5.74) is 0. The van der Waals surface area contributed by atoms with Crippen molar-refractivity contribution in [2.45, 2.75) is 57.7 Å². The van der Waals surface area contributed by atoms with Crippen LogP contribution in [0.15, 0.2) is 0 Å². The fourth-order valence-corrected chi connectivity index (χ4v) is 2.25. The summed E-state index contributed by atoms with van der Waals surface area (Å²) in [6.45, 7) is 4.26. The van der Waals surface area contributed by atoms with E-state index in [9.17, 15) is 4.79 Å². The number of nitrogens with one attached hydrogen (secondary N) is 1. The number of ether oxygens (including phenoxy) is 2. The number of hydrogen-bond donors (Lipinski definition) is 1. The second-order valence-electron chi connectivity index (χ2n) is 4.19. The van der Waals surface area contributed by atoms with E-state index in [1.54, 1.807) is 7.11 Å². The van der Waals surface area contributed by atoms with E-state index >= 15 is 0 Å². The van der Waals surface area contributed by atoms with E-state index in [0.717, 1.165) is 25.7 Å². The first-order valence-electron chi connectivity index (χ1n) is 6.18. The lowest BCUT2D eigenvalue weighted by Crippen LogP contribution is -2.47. The Hall–Kier alpha value is -0.610. The van der Waals surface area contributed by atoms with Crippen LogP contribution >= 0.6 is 0 Å². The lowest BCUT2D eigenvalue weighted by atomic mass is 10.1. The maximum Gasteiger partial charge on any atom is 0.323 e. The van der Waals surface area contributed by atoms with Gasteiger partial charge >= 0.3 is 5.97 Å². The molecule has 1 fully saturated rings. The van der Waals surface area contributed by atoms with Crippen LogP contribution < -0.4 is 5.32 Å². The van der Waals surface area contributed by atoms with Crippen molar-refractivity contribution in [2.75, 3.05) is 13.7 Å². The number of carbonyl (C=O) groups is 1. The Bertz CT molecular complexity index is 220. The summed E-state index contributed by atoms with van der Waals surface area (Å²) in [5.74, 6) is -0.147. The van der Waals surface area contributed by atoms with Crippen molar-refractivity contribution in [3.63, 3.8) is 0 Å². The molecular weight excluding hydrogens is 206 g/mol. The molecule has 1 saturated carbocycles. The molecule has 3 atom stereocenters. The van der Waals surface area contributed by atoms with Gasteiger partial charge < -0.3 is 9.47 Å². The Morgan fingerprint density at radius 3 is 2.75 bits per heavy atom. The van der Waals surface area contributed by atoms with E-state index in [1.165, 1.54) is 0 Å². The Morgan fingerprint density at radius 1 is 1.44 bits per heavy atom. The molecule has 0 aromatic carbocycles. The quantitative estimate of drug-likeness (QED) is 0.701. The van der Waals surface area contributed by atoms with Crippen LogP contribution in [-0.2, 0) is 14.3 Å². The van der Waals surface area contributed by atoms with Crippen molar-refractivity contribution in [2.24, 2.45) is 0 Å². The molecule has 4 nitrogen and oxygen atoms in total. The van der Waals surface area contributed by atoms with Crippen molar-refractivity contribution in [3.05, 3.63) is 0 Å². The molecule has 0 saturated heterocycles. The zero-order valence-corrected chi connectivity index (χ0v) is 10.5. The standard InChI is InChI=1S/C12H23NO3/c1-4-9(12(14)16-5-2)13-10-7-6-8-11(10)15-3/h9-11,13H,4-8H2,1-3H3. The fraction of sp³-hybridized carbons (Fsp3) is 0.917. The van der Waals surface area contributed by atoms with Gasteiger partial charge in [-0.05, 0) is 32.6 Å². The SMILES string of the molecule is CCOC(=O)C(CC)NC1CCCC1OC. The van der Waals surface area contributed by atoms with Crippen molar-refractivity contribution < 1.29 is 14.3 Å². The smallest absolute Gasteiger partial charge is 0.323 e. The molecule has 1 aliphatic carbocycles. The van der Waals surface area contributed by atoms with Gasteiger partial charge in [0.05, 0.1) is 12.7 Å². The molecule has 0 aromatic heterocycles. The van der Waals surface area contributed by atoms with Gasteiger partial charge in [-0.2, -0.15) is 0 Å². The van der Waals surface area contributed by atoms with E-state index in [2.05, 4.69) is 5.32 Å². The van der Waals surface area contributed by atoms with Crippen molar-refractivity contribution in [1.29, 1.82) is 0 Å². The van der Waals surface area contributed by atoms with Crippen LogP contribution in [0, 0.1) is 0 Å². The topological polar surface area (TPSA) is 47.6 Å². The summed E-state index contributed by atoms with van der Waals surface area (Å²) in [4.78, 5) is 11.6. The number of methoxy groups -OCH3 is 1. The highest BCUT2D eigenvalue weighted by atomic mass is 16.5. The van der Waals surface area contributed by atoms with Gasteiger partial charge in [-0.15, -0.1) is 0 Å². The average Bonchev–Trinajstić information content (AvgIpc) is 2.73. The molecule has 16 heavy (non-hydrogen) atoms. The number of hydrogen-bond acceptors (Lipinski definition) is 4. The molecule has 0 bridgehead atoms. The van der Waals surface area contributed by atoms with Gasteiger partial charge in [0.1, 0.15) is 6.04 Å². The predicted octanol–water partition coefficient (Wildman–Crippen LogP) is 1.49. The van der Waals surface area contributed by atoms with Crippen LogP contribution in [0.4, 0.5) is 0 Å². The van der Waals surface area contributed by atoms with Crippen LogP contribution in [0.2, 0.25) is 0 Å². The van der Waals surface area contributed by atoms with Gasteiger partial charge in [0.25, 0.3) is 0 Å². The van der Waals surface area contributed by atoms with Gasteiger partial charge in [0, 0.05) is 13.2 Å². The van der Waals surface area contributed by atoms with Crippen molar-refractivity contribution >= 4 is 5.97 Å². The molecule has 0 aliphatic heterocycles. The maximum absolute atomic E-state index is 11.6. The first-order chi connectivity index (χ1) is 7.72. The fourth-order valence-electron chi connectivity index (χ4n) is 2.25. The highest BCUT2D eigenvalue weighted by Crippen LogP contribution is 2.22. The summed E-state index contributed by atoms with van der Waals surface area (Å²) in [6.07, 6.45) is 4.31. The van der Waals surface area contributed by atoms with E-state index < -0.39 is 0 Å². The first-order valence-corrected chi connectivity index (χ1v) is 6.18. The summed E-state index contributed by atoms with van der Waals surface area (Å²) in [7, 11) is 1.73. The van der Waals surface area contributed by atoms with Crippen LogP contribution in [0.1, 0.15) is 39.5 Å². The largest absolute Gasteiger partial charge is 0.465 e. The molecule has 0 heterocycles. The lowest BCUT2D eigenvalue weighted by Gasteiger charge is -2.24. The normalized spacial score (nSPS) is 26.7. The lowest BCUT2D eigenvalue weighted by molar-refractivity contribution is -0.146. The van der Waals surface area contributed by atoms with Gasteiger partial charge in [0.15, 0.2) is 0 Å². The zero-order valence-electron chi connectivity index (χ0n) is 10.5. The van der Waals surface area contributed by atoms with Gasteiger partial charge in [-0.25, -0.2) is 0 Å². The molecule has 1 aliphatic rings. The van der Waals surface area contributed by atoms with E-state index in [1.807, 2.05) is 13.8 Å². The van der Waals surface area contributed by atoms with Crippen LogP contribution in [-0.4, -0.2) is 37.9 Å². The minimum atomic E-state index is -0.194. The third-order valence-electron chi connectivity index (χ3n) is 3.15. The molecule has 4 heteroatoms. The highest BCUT2D eigenvalue weighted by Gasteiger charge is 2.30. The van der Waals surface area contributed by atoms with Crippen molar-refractivity contribution in [3.8, 4) is 0 Å². The van der Waals surface area contributed by atoms with Crippen molar-refractivity contribution in [1.82, 2.24) is 5.32 Å². The summed E-state index contributed by atoms with van der Waals surface area (Å²) >= 11 is 0. The van der Waals surface area contributed by atoms with Crippen LogP contribution in [0.25, 0.3) is 0 Å². The zero-order chi connectivity index (χ0) is 12.0. The van der Waals surface area contributed by atoms with Crippen LogP contribution in [0.3, 0.4) is 0 Å². The van der Waals surface area contributed by atoms with E-state index in [0.29, 0.717) is 12.6 Å². The van der Waals surface area contributed by atoms with Gasteiger partial charge in [-0.1, -0.05) is 6.92 Å². The van der Waals surface area contributed by atoms with Gasteiger partial charge in [-0.3, -0.25) is 10.1 Å². The Kier molecular flexibility index (Phi) is 5.77. The average molecular weight is 229 g/mol. The number of carbonyl (C=O) groups excluding carboxylic acids is 1. The third kappa shape index (κ3) is 3.46. The monoisotopic (exact) mass is 229 g/mol. The number of rotatable bonds is 6. The minimum absolute atomic E-state index is 0.147. The second kappa shape index (κ2) is 6.86. The maximum atomic E-state index is 11.6. The van der Waals surface area contributed by atoms with E-state index in [4.69, 9.17) is 9.47 Å². The molecular formula is C12H23NO3. The van der Waals surface area contributed by atoms with E-state index in [-0.39, 0.29) is 18.1 Å². The molecule has 1 N–H and O–H groups in total. The molecule has 0 aromatic rings. The highest BCUT2D eigenvalue weighted by molar-refractivity contribution is 5.75. The minimum Gasteiger partial charge on any atom is -0.465 e. The molecule has 0 radical (unpaired) electrons. The first kappa shape index (κ1) is 13.5. The molecule has 1 rings (SSSR count). The Balaban J connectivity index is 2.45. The number of esters is 1. The van der Waals surface area contributed by atoms with Gasteiger partial charge in [0.2, 0.25) is 0 Å². The Morgan fingerprint density at radius 2 is 2.19 bits per heavy atom. The second-order valence-corrected chi connectivity index (χ2v) is 4.19. The Labute approximate surface area is 97.7 Å². The summed E-state index contributed by atoms with van der Waals surface area (Å²) in [5, 5.41) is 3.35. The summed E-state index contributed by atoms with van der Waals surface area (Å²) in [6, 6.07) is 0.0973. The van der Waals surface area contributed by atoms with Crippen LogP contribution in [0.5, 0.6) is 0 Å². The predicted molar refractivity (Wildman–Crippen MR) is 62.3 cm³/mol. The summed E-state index contributed by atoms with van der Waals surface area (Å²) < 4.78 is 10.4. The third-order valence-corrected chi connectivity index (χ3v) is 3.15. The molecule has 3 unspecified atom stereocenters. The molecule has 94 valence electrons. The molecule has 0 spiro atoms.